The number of carbonyl (C=O) groups is 3. The van der Waals surface area contributed by atoms with Crippen LogP contribution in [0.5, 0.6) is 0 Å². The van der Waals surface area contributed by atoms with E-state index in [1.165, 1.54) is 6.08 Å². The van der Waals surface area contributed by atoms with E-state index in [1.54, 1.807) is 25.1 Å². The Kier molecular flexibility index (Phi) is 11.3. The summed E-state index contributed by atoms with van der Waals surface area (Å²) >= 11 is 0. The highest BCUT2D eigenvalue weighted by Crippen LogP contribution is 2.36. The van der Waals surface area contributed by atoms with Gasteiger partial charge in [0.1, 0.15) is 6.04 Å². The number of rotatable bonds is 10. The van der Waals surface area contributed by atoms with Crippen LogP contribution in [-0.2, 0) is 27.2 Å². The smallest absolute Gasteiger partial charge is 0.246 e. The number of likely N-dealkylation sites (N-methyl/N-ethyl adjacent to an activating group) is 1. The molecule has 0 spiro atoms. The van der Waals surface area contributed by atoms with Gasteiger partial charge < -0.3 is 20.9 Å². The second kappa shape index (κ2) is 14.5. The zero-order chi connectivity index (χ0) is 30.3. The molecule has 43 heavy (non-hydrogen) atoms. The molecular formula is C36H48N4O3. The first-order valence-electron chi connectivity index (χ1n) is 14.8. The van der Waals surface area contributed by atoms with Gasteiger partial charge in [-0.15, -0.1) is 0 Å². The van der Waals surface area contributed by atoms with E-state index in [2.05, 4.69) is 29.6 Å². The maximum atomic E-state index is 14.1. The third kappa shape index (κ3) is 8.54. The van der Waals surface area contributed by atoms with Crippen LogP contribution in [0, 0.1) is 5.41 Å². The van der Waals surface area contributed by atoms with Crippen LogP contribution >= 0.6 is 0 Å². The largest absolute Gasteiger partial charge is 0.359 e. The summed E-state index contributed by atoms with van der Waals surface area (Å²) in [4.78, 5) is 43.9. The summed E-state index contributed by atoms with van der Waals surface area (Å²) in [6.07, 6.45) is 5.96. The zero-order valence-electron chi connectivity index (χ0n) is 25.3. The van der Waals surface area contributed by atoms with Crippen LogP contribution in [0.15, 0.2) is 84.9 Å². The Morgan fingerprint density at radius 2 is 1.60 bits per heavy atom. The molecule has 7 heteroatoms. The number of hydrogen-bond donors (Lipinski definition) is 2. The first-order chi connectivity index (χ1) is 20.0. The second-order valence-electron chi connectivity index (χ2n) is 12.3. The first-order valence-corrected chi connectivity index (χ1v) is 14.8. The van der Waals surface area contributed by atoms with Gasteiger partial charge in [0.25, 0.3) is 0 Å². The zero-order valence-corrected chi connectivity index (χ0v) is 25.3. The van der Waals surface area contributed by atoms with Gasteiger partial charge in [-0.05, 0) is 67.5 Å². The van der Waals surface area contributed by atoms with E-state index in [0.29, 0.717) is 45.2 Å². The van der Waals surface area contributed by atoms with Crippen molar-refractivity contribution in [2.45, 2.75) is 65.0 Å². The van der Waals surface area contributed by atoms with E-state index >= 15 is 0 Å². The first kappa shape index (κ1) is 33.5. The van der Waals surface area contributed by atoms with Crippen LogP contribution in [-0.4, -0.2) is 66.3 Å². The van der Waals surface area contributed by atoms with Gasteiger partial charge in [0.2, 0.25) is 17.7 Å². The van der Waals surface area contributed by atoms with Crippen molar-refractivity contribution in [3.05, 3.63) is 96.1 Å². The average Bonchev–Trinajstić information content (AvgIpc) is 2.98. The molecular weight excluding hydrogens is 536 g/mol. The van der Waals surface area contributed by atoms with Gasteiger partial charge in [0, 0.05) is 39.1 Å². The van der Waals surface area contributed by atoms with Crippen molar-refractivity contribution >= 4 is 28.5 Å². The van der Waals surface area contributed by atoms with Crippen LogP contribution in [0.25, 0.3) is 10.8 Å². The topological polar surface area (TPSA) is 95.7 Å². The number of fused-ring (bicyclic) bond motifs is 1. The number of likely N-dealkylation sites (tertiary alicyclic amines) is 1. The van der Waals surface area contributed by atoms with Crippen LogP contribution in [0.2, 0.25) is 0 Å². The van der Waals surface area contributed by atoms with Gasteiger partial charge in [-0.1, -0.05) is 86.3 Å². The maximum Gasteiger partial charge on any atom is 0.246 e. The minimum atomic E-state index is -0.684. The summed E-state index contributed by atoms with van der Waals surface area (Å²) < 4.78 is 0. The lowest BCUT2D eigenvalue weighted by Gasteiger charge is -2.42. The number of nitrogens with one attached hydrogen (secondary N) is 1. The molecule has 1 aliphatic rings. The van der Waals surface area contributed by atoms with Crippen LogP contribution < -0.4 is 11.1 Å². The maximum absolute atomic E-state index is 14.1. The minimum Gasteiger partial charge on any atom is -0.359 e. The molecule has 3 N–H and O–H groups in total. The highest BCUT2D eigenvalue weighted by atomic mass is 16.2. The molecule has 0 bridgehead atoms. The average molecular weight is 585 g/mol. The molecule has 3 aromatic carbocycles. The Labute approximate surface area is 257 Å². The lowest BCUT2D eigenvalue weighted by molar-refractivity contribution is -0.146. The molecule has 230 valence electrons. The quantitative estimate of drug-likeness (QED) is 0.323. The fourth-order valence-corrected chi connectivity index (χ4v) is 5.82. The molecule has 1 atom stereocenters. The fourth-order valence-electron chi connectivity index (χ4n) is 5.82. The molecule has 7 nitrogen and oxygen atoms in total. The van der Waals surface area contributed by atoms with Crippen molar-refractivity contribution in [3.8, 4) is 0 Å². The molecule has 3 aromatic rings. The Hall–Kier alpha value is -3.97. The van der Waals surface area contributed by atoms with Crippen LogP contribution in [0.4, 0.5) is 0 Å². The summed E-state index contributed by atoms with van der Waals surface area (Å²) in [5.74, 6) is -0.331. The molecule has 4 rings (SSSR count). The molecule has 0 aromatic heterocycles. The van der Waals surface area contributed by atoms with Gasteiger partial charge >= 0.3 is 0 Å². The molecule has 0 unspecified atom stereocenters. The number of nitrogens with zero attached hydrogens (tertiary/aromatic N) is 2. The van der Waals surface area contributed by atoms with Gasteiger partial charge in [-0.2, -0.15) is 0 Å². The molecule has 0 radical (unpaired) electrons. The SMILES string of the molecule is C.CNC(=O)C1(Cc2ccccc2)CCN(C(=O)[C@@H](Cc2ccc3ccccc3c2)N(C)C(=O)/C=C/CC(C)(C)N)CC1. The Balaban J connectivity index is 0.00000506. The van der Waals surface area contributed by atoms with E-state index in [-0.39, 0.29) is 25.1 Å². The second-order valence-corrected chi connectivity index (χ2v) is 12.3. The van der Waals surface area contributed by atoms with E-state index in [9.17, 15) is 14.4 Å². The van der Waals surface area contributed by atoms with Crippen molar-refractivity contribution in [2.24, 2.45) is 11.1 Å². The van der Waals surface area contributed by atoms with E-state index in [1.807, 2.05) is 67.3 Å². The van der Waals surface area contributed by atoms with Crippen molar-refractivity contribution in [2.75, 3.05) is 27.2 Å². The van der Waals surface area contributed by atoms with E-state index < -0.39 is 17.0 Å². The lowest BCUT2D eigenvalue weighted by atomic mass is 9.73. The van der Waals surface area contributed by atoms with Crippen LogP contribution in [0.3, 0.4) is 0 Å². The van der Waals surface area contributed by atoms with Gasteiger partial charge in [0.05, 0.1) is 5.41 Å². The van der Waals surface area contributed by atoms with Crippen LogP contribution in [0.1, 0.15) is 51.7 Å². The highest BCUT2D eigenvalue weighted by Gasteiger charge is 2.43. The summed E-state index contributed by atoms with van der Waals surface area (Å²) in [5.41, 5.74) is 7.16. The Morgan fingerprint density at radius 1 is 0.977 bits per heavy atom. The minimum absolute atomic E-state index is 0. The number of nitrogens with two attached hydrogens (primary N) is 1. The molecule has 3 amide bonds. The van der Waals surface area contributed by atoms with Gasteiger partial charge in [-0.25, -0.2) is 0 Å². The Bertz CT molecular complexity index is 1420. The predicted octanol–water partition coefficient (Wildman–Crippen LogP) is 5.13. The van der Waals surface area contributed by atoms with Crippen molar-refractivity contribution < 1.29 is 14.4 Å². The summed E-state index contributed by atoms with van der Waals surface area (Å²) in [6, 6.07) is 23.6. The molecule has 1 heterocycles. The summed E-state index contributed by atoms with van der Waals surface area (Å²) in [5, 5.41) is 5.08. The molecule has 1 aliphatic heterocycles. The number of hydrogen-bond acceptors (Lipinski definition) is 4. The molecule has 0 aliphatic carbocycles. The monoisotopic (exact) mass is 584 g/mol. The lowest BCUT2D eigenvalue weighted by Crippen LogP contribution is -2.55. The Morgan fingerprint density at radius 3 is 2.23 bits per heavy atom. The van der Waals surface area contributed by atoms with Gasteiger partial charge in [0.15, 0.2) is 0 Å². The van der Waals surface area contributed by atoms with E-state index in [0.717, 1.165) is 21.9 Å². The number of piperidine rings is 1. The van der Waals surface area contributed by atoms with E-state index in [4.69, 9.17) is 5.73 Å². The standard InChI is InChI=1S/C35H44N4O3.CH4/c1-34(2,36)18-10-15-31(40)38(4)30(24-27-16-17-28-13-8-9-14-29(28)23-27)32(41)39-21-19-35(20-22-39,33(42)37-3)25-26-11-6-5-7-12-26;/h5-17,23,30H,18-22,24-25,36H2,1-4H3,(H,37,42);1H4/b15-10+;/t30-;/m1./s1. The molecule has 0 saturated carbocycles. The van der Waals surface area contributed by atoms with Gasteiger partial charge in [-0.3, -0.25) is 14.4 Å². The summed E-state index contributed by atoms with van der Waals surface area (Å²) in [6.45, 7) is 4.72. The number of benzene rings is 3. The van der Waals surface area contributed by atoms with Crippen molar-refractivity contribution in [1.82, 2.24) is 15.1 Å². The van der Waals surface area contributed by atoms with Crippen molar-refractivity contribution in [1.29, 1.82) is 0 Å². The third-order valence-corrected chi connectivity index (χ3v) is 8.37. The third-order valence-electron chi connectivity index (χ3n) is 8.37. The fraction of sp³-hybridized carbons (Fsp3) is 0.417. The predicted molar refractivity (Wildman–Crippen MR) is 175 cm³/mol. The number of carbonyl (C=O) groups excluding carboxylic acids is 3. The summed E-state index contributed by atoms with van der Waals surface area (Å²) in [7, 11) is 3.37. The normalized spacial score (nSPS) is 15.5. The highest BCUT2D eigenvalue weighted by molar-refractivity contribution is 5.93. The number of amides is 3. The molecule has 1 saturated heterocycles. The van der Waals surface area contributed by atoms with Crippen molar-refractivity contribution in [3.63, 3.8) is 0 Å². The molecule has 1 fully saturated rings.